The van der Waals surface area contributed by atoms with Gasteiger partial charge in [0.2, 0.25) is 0 Å². The van der Waals surface area contributed by atoms with E-state index < -0.39 is 5.41 Å². The molecule has 0 radical (unpaired) electrons. The second-order valence-electron chi connectivity index (χ2n) is 18.2. The Kier molecular flexibility index (Phi) is 9.87. The molecule has 7 aromatic carbocycles. The SMILES string of the molecule is C=CC1=C(C=C)C2(c3ccccc31)c1ccccc1-c1ccc(N(C3=CC=C(C4=Cc5ccccc5CC4)CC3)c3ccc(-c4cccc(C5=CCCC=C5)c4)c(-c4ccccc4)c3)cc12. The topological polar surface area (TPSA) is 3.24 Å². The summed E-state index contributed by atoms with van der Waals surface area (Å²) in [4.78, 5) is 2.55. The number of hydrogen-bond donors (Lipinski definition) is 0. The Morgan fingerprint density at radius 2 is 1.18 bits per heavy atom. The van der Waals surface area contributed by atoms with Gasteiger partial charge in [-0.3, -0.25) is 0 Å². The number of hydrogen-bond acceptors (Lipinski definition) is 1. The van der Waals surface area contributed by atoms with Crippen LogP contribution in [0.2, 0.25) is 0 Å². The summed E-state index contributed by atoms with van der Waals surface area (Å²) in [5, 5.41) is 0. The first-order valence-corrected chi connectivity index (χ1v) is 23.6. The van der Waals surface area contributed by atoms with Crippen LogP contribution in [0.1, 0.15) is 71.0 Å². The molecular weight excluding hydrogens is 795 g/mol. The predicted octanol–water partition coefficient (Wildman–Crippen LogP) is 17.0. The minimum Gasteiger partial charge on any atom is -0.314 e. The summed E-state index contributed by atoms with van der Waals surface area (Å²) >= 11 is 0. The molecule has 1 heteroatoms. The van der Waals surface area contributed by atoms with Gasteiger partial charge in [-0.15, -0.1) is 0 Å². The third-order valence-electron chi connectivity index (χ3n) is 14.7. The smallest absolute Gasteiger partial charge is 0.0726 e. The molecule has 0 aromatic heterocycles. The molecule has 316 valence electrons. The van der Waals surface area contributed by atoms with Crippen LogP contribution < -0.4 is 4.90 Å². The lowest BCUT2D eigenvalue weighted by Gasteiger charge is -2.34. The summed E-state index contributed by atoms with van der Waals surface area (Å²) < 4.78 is 0. The minimum atomic E-state index is -0.528. The highest BCUT2D eigenvalue weighted by Crippen LogP contribution is 2.63. The molecule has 7 aromatic rings. The number of benzene rings is 7. The lowest BCUT2D eigenvalue weighted by atomic mass is 9.69. The van der Waals surface area contributed by atoms with E-state index in [1.165, 1.54) is 100 Å². The van der Waals surface area contributed by atoms with Crippen molar-refractivity contribution in [2.24, 2.45) is 0 Å². The molecule has 66 heavy (non-hydrogen) atoms. The third kappa shape index (κ3) is 6.37. The van der Waals surface area contributed by atoms with E-state index in [4.69, 9.17) is 0 Å². The quantitative estimate of drug-likeness (QED) is 0.140. The maximum atomic E-state index is 4.49. The van der Waals surface area contributed by atoms with Gasteiger partial charge in [-0.2, -0.15) is 0 Å². The summed E-state index contributed by atoms with van der Waals surface area (Å²) in [7, 11) is 0. The molecule has 0 amide bonds. The van der Waals surface area contributed by atoms with E-state index in [0.29, 0.717) is 0 Å². The number of fused-ring (bicyclic) bond motifs is 8. The zero-order chi connectivity index (χ0) is 44.2. The molecular formula is C65H51N. The third-order valence-corrected chi connectivity index (χ3v) is 14.7. The molecule has 12 rings (SSSR count). The Bertz CT molecular complexity index is 3340. The second kappa shape index (κ2) is 16.4. The van der Waals surface area contributed by atoms with Gasteiger partial charge in [-0.05, 0) is 175 Å². The normalized spacial score (nSPS) is 17.8. The van der Waals surface area contributed by atoms with Gasteiger partial charge >= 0.3 is 0 Å². The van der Waals surface area contributed by atoms with E-state index >= 15 is 0 Å². The molecule has 0 fully saturated rings. The van der Waals surface area contributed by atoms with Crippen LogP contribution >= 0.6 is 0 Å². The van der Waals surface area contributed by atoms with Crippen molar-refractivity contribution in [2.45, 2.75) is 43.9 Å². The summed E-state index contributed by atoms with van der Waals surface area (Å²) in [6.07, 6.45) is 24.5. The van der Waals surface area contributed by atoms with E-state index in [0.717, 1.165) is 55.5 Å². The summed E-state index contributed by atoms with van der Waals surface area (Å²) in [5.74, 6) is 0. The van der Waals surface area contributed by atoms with Gasteiger partial charge in [0.25, 0.3) is 0 Å². The van der Waals surface area contributed by atoms with Gasteiger partial charge in [0, 0.05) is 17.1 Å². The second-order valence-corrected chi connectivity index (χ2v) is 18.2. The summed E-state index contributed by atoms with van der Waals surface area (Å²) in [5.41, 5.74) is 26.1. The summed E-state index contributed by atoms with van der Waals surface area (Å²) in [6.45, 7) is 8.84. The lowest BCUT2D eigenvalue weighted by molar-refractivity contribution is 0.785. The molecule has 5 aliphatic rings. The predicted molar refractivity (Wildman–Crippen MR) is 279 cm³/mol. The standard InChI is InChI=1S/C65H51N/c1-3-55-57-26-13-15-28-62(57)65(61(55)4-2)63-29-16-14-27-58(63)59-39-37-54(43-64(59)65)66(52-34-32-46(33-35-52)50-31-30-45-20-11-12-23-48(45)40-50)53-36-38-56(60(42-53)47-21-9-6-10-22-47)51-25-17-24-49(41-51)44-18-7-5-8-19-44/h3-4,6-7,9-29,32,34,36-43H,1-2,5,8,30-31,33,35H2. The van der Waals surface area contributed by atoms with Gasteiger partial charge in [-0.25, -0.2) is 0 Å². The lowest BCUT2D eigenvalue weighted by Crippen LogP contribution is -2.27. The van der Waals surface area contributed by atoms with Gasteiger partial charge in [0.05, 0.1) is 5.41 Å². The van der Waals surface area contributed by atoms with Crippen LogP contribution in [-0.2, 0) is 11.8 Å². The number of allylic oxidation sites excluding steroid dienone is 13. The van der Waals surface area contributed by atoms with Crippen molar-refractivity contribution in [1.82, 2.24) is 0 Å². The van der Waals surface area contributed by atoms with Gasteiger partial charge in [0.1, 0.15) is 0 Å². The first kappa shape index (κ1) is 39.8. The number of aryl methyl sites for hydroxylation is 1. The summed E-state index contributed by atoms with van der Waals surface area (Å²) in [6, 6.07) is 61.2. The highest BCUT2D eigenvalue weighted by atomic mass is 15.1. The highest BCUT2D eigenvalue weighted by molar-refractivity contribution is 5.99. The van der Waals surface area contributed by atoms with Gasteiger partial charge < -0.3 is 4.90 Å². The average molecular weight is 846 g/mol. The zero-order valence-corrected chi connectivity index (χ0v) is 37.3. The maximum absolute atomic E-state index is 4.49. The van der Waals surface area contributed by atoms with Crippen LogP contribution in [0.25, 0.3) is 50.6 Å². The number of anilines is 2. The molecule has 1 spiro atoms. The van der Waals surface area contributed by atoms with Crippen LogP contribution in [0.4, 0.5) is 11.4 Å². The average Bonchev–Trinajstić information content (AvgIpc) is 3.85. The molecule has 1 unspecified atom stereocenters. The molecule has 0 heterocycles. The molecule has 0 saturated carbocycles. The fourth-order valence-electron chi connectivity index (χ4n) is 11.7. The van der Waals surface area contributed by atoms with Gasteiger partial charge in [0.15, 0.2) is 0 Å². The molecule has 5 aliphatic carbocycles. The van der Waals surface area contributed by atoms with Crippen molar-refractivity contribution >= 4 is 28.6 Å². The Hall–Kier alpha value is -7.74. The van der Waals surface area contributed by atoms with Crippen LogP contribution in [0.5, 0.6) is 0 Å². The van der Waals surface area contributed by atoms with Crippen molar-refractivity contribution in [1.29, 1.82) is 0 Å². The Labute approximate surface area is 389 Å². The molecule has 1 atom stereocenters. The number of nitrogens with zero attached hydrogens (tertiary/aromatic N) is 1. The van der Waals surface area contributed by atoms with Crippen LogP contribution in [-0.4, -0.2) is 0 Å². The first-order chi connectivity index (χ1) is 32.6. The van der Waals surface area contributed by atoms with Crippen LogP contribution in [0.3, 0.4) is 0 Å². The Balaban J connectivity index is 1.06. The molecule has 0 aliphatic heterocycles. The van der Waals surface area contributed by atoms with E-state index in [2.05, 4.69) is 224 Å². The van der Waals surface area contributed by atoms with E-state index in [9.17, 15) is 0 Å². The Morgan fingerprint density at radius 3 is 1.97 bits per heavy atom. The van der Waals surface area contributed by atoms with Crippen molar-refractivity contribution < 1.29 is 0 Å². The maximum Gasteiger partial charge on any atom is 0.0726 e. The molecule has 0 N–H and O–H groups in total. The van der Waals surface area contributed by atoms with Crippen molar-refractivity contribution in [3.8, 4) is 33.4 Å². The minimum absolute atomic E-state index is 0.528. The van der Waals surface area contributed by atoms with Crippen LogP contribution in [0.15, 0.2) is 242 Å². The molecule has 1 nitrogen and oxygen atoms in total. The monoisotopic (exact) mass is 845 g/mol. The molecule has 0 bridgehead atoms. The van der Waals surface area contributed by atoms with Crippen molar-refractivity contribution in [3.63, 3.8) is 0 Å². The van der Waals surface area contributed by atoms with E-state index in [-0.39, 0.29) is 0 Å². The largest absolute Gasteiger partial charge is 0.314 e. The highest BCUT2D eigenvalue weighted by Gasteiger charge is 2.51. The van der Waals surface area contributed by atoms with Gasteiger partial charge in [-0.1, -0.05) is 189 Å². The molecule has 0 saturated heterocycles. The first-order valence-electron chi connectivity index (χ1n) is 23.6. The fourth-order valence-corrected chi connectivity index (χ4v) is 11.7. The van der Waals surface area contributed by atoms with Crippen LogP contribution in [0, 0.1) is 0 Å². The van der Waals surface area contributed by atoms with Crippen molar-refractivity contribution in [3.05, 3.63) is 281 Å². The van der Waals surface area contributed by atoms with Crippen molar-refractivity contribution in [2.75, 3.05) is 4.90 Å². The number of rotatable bonds is 9. The fraction of sp³-hybridized carbons (Fsp3) is 0.108. The Morgan fingerprint density at radius 1 is 0.485 bits per heavy atom. The van der Waals surface area contributed by atoms with E-state index in [1.807, 2.05) is 6.08 Å². The van der Waals surface area contributed by atoms with E-state index in [1.54, 1.807) is 0 Å². The zero-order valence-electron chi connectivity index (χ0n) is 37.3.